The van der Waals surface area contributed by atoms with Gasteiger partial charge in [0.1, 0.15) is 6.54 Å². The minimum absolute atomic E-state index is 0.415. The van der Waals surface area contributed by atoms with Crippen molar-refractivity contribution in [2.24, 2.45) is 0 Å². The topological polar surface area (TPSA) is 81.5 Å². The van der Waals surface area contributed by atoms with Gasteiger partial charge < -0.3 is 0 Å². The number of urea groups is 1. The van der Waals surface area contributed by atoms with E-state index in [1.54, 1.807) is 37.3 Å². The van der Waals surface area contributed by atoms with Crippen molar-refractivity contribution in [2.75, 3.05) is 6.54 Å². The Morgan fingerprint density at radius 2 is 1.79 bits per heavy atom. The van der Waals surface area contributed by atoms with E-state index in [1.165, 1.54) is 0 Å². The van der Waals surface area contributed by atoms with E-state index in [9.17, 15) is 14.4 Å². The van der Waals surface area contributed by atoms with Crippen LogP contribution in [0.4, 0.5) is 4.79 Å². The van der Waals surface area contributed by atoms with E-state index in [-0.39, 0.29) is 0 Å². The van der Waals surface area contributed by atoms with Gasteiger partial charge in [-0.2, -0.15) is 5.26 Å². The fourth-order valence-electron chi connectivity index (χ4n) is 1.95. The molecule has 6 heteroatoms. The molecule has 1 aliphatic rings. The Labute approximate surface area is 109 Å². The number of nitriles is 1. The summed E-state index contributed by atoms with van der Waals surface area (Å²) in [6.45, 7) is 1.25. The second kappa shape index (κ2) is 4.90. The third-order valence-corrected chi connectivity index (χ3v) is 2.98. The van der Waals surface area contributed by atoms with E-state index in [1.807, 2.05) is 6.07 Å². The number of rotatable bonds is 3. The van der Waals surface area contributed by atoms with Gasteiger partial charge in [0.15, 0.2) is 0 Å². The minimum Gasteiger partial charge on any atom is -0.263 e. The molecule has 0 N–H and O–H groups in total. The monoisotopic (exact) mass is 257 g/mol. The van der Waals surface area contributed by atoms with Crippen molar-refractivity contribution < 1.29 is 14.4 Å². The number of carbonyl (C=O) groups is 3. The summed E-state index contributed by atoms with van der Waals surface area (Å²) in [6, 6.07) is 9.32. The lowest BCUT2D eigenvalue weighted by Gasteiger charge is -2.21. The predicted molar refractivity (Wildman–Crippen MR) is 64.4 cm³/mol. The molecule has 0 bridgehead atoms. The summed E-state index contributed by atoms with van der Waals surface area (Å²) < 4.78 is 0. The lowest BCUT2D eigenvalue weighted by Crippen LogP contribution is -2.35. The average Bonchev–Trinajstić information content (AvgIpc) is 2.64. The Hall–Kier alpha value is -2.68. The van der Waals surface area contributed by atoms with Gasteiger partial charge in [0.05, 0.1) is 12.1 Å². The molecule has 2 rings (SSSR count). The number of nitrogens with zero attached hydrogens (tertiary/aromatic N) is 3. The maximum atomic E-state index is 12.0. The highest BCUT2D eigenvalue weighted by Gasteiger charge is 2.46. The van der Waals surface area contributed by atoms with Crippen molar-refractivity contribution in [3.05, 3.63) is 35.9 Å². The van der Waals surface area contributed by atoms with Crippen LogP contribution in [0.2, 0.25) is 0 Å². The van der Waals surface area contributed by atoms with E-state index in [0.29, 0.717) is 4.90 Å². The SMILES string of the molecule is CC(c1ccccc1)N1C(=O)C(=O)N(CC#N)C1=O. The van der Waals surface area contributed by atoms with Crippen LogP contribution in [0, 0.1) is 11.3 Å². The Morgan fingerprint density at radius 3 is 2.37 bits per heavy atom. The summed E-state index contributed by atoms with van der Waals surface area (Å²) in [5.74, 6) is -1.84. The summed E-state index contributed by atoms with van der Waals surface area (Å²) in [4.78, 5) is 37.0. The fraction of sp³-hybridized carbons (Fsp3) is 0.231. The third kappa shape index (κ3) is 2.06. The van der Waals surface area contributed by atoms with E-state index >= 15 is 0 Å². The number of imide groups is 2. The third-order valence-electron chi connectivity index (χ3n) is 2.98. The second-order valence-electron chi connectivity index (χ2n) is 4.09. The maximum absolute atomic E-state index is 12.0. The molecule has 19 heavy (non-hydrogen) atoms. The minimum atomic E-state index is -0.950. The second-order valence-corrected chi connectivity index (χ2v) is 4.09. The van der Waals surface area contributed by atoms with Crippen LogP contribution in [0.5, 0.6) is 0 Å². The molecule has 4 amide bonds. The normalized spacial score (nSPS) is 16.7. The fourth-order valence-corrected chi connectivity index (χ4v) is 1.95. The molecule has 1 fully saturated rings. The highest BCUT2D eigenvalue weighted by molar-refractivity contribution is 6.44. The largest absolute Gasteiger partial charge is 0.335 e. The molecular weight excluding hydrogens is 246 g/mol. The number of amides is 4. The highest BCUT2D eigenvalue weighted by atomic mass is 16.2. The molecule has 0 saturated carbocycles. The van der Waals surface area contributed by atoms with Gasteiger partial charge in [-0.25, -0.2) is 14.6 Å². The highest BCUT2D eigenvalue weighted by Crippen LogP contribution is 2.25. The van der Waals surface area contributed by atoms with Crippen LogP contribution in [0.1, 0.15) is 18.5 Å². The predicted octanol–water partition coefficient (Wildman–Crippen LogP) is 1.06. The number of carbonyl (C=O) groups excluding carboxylic acids is 3. The van der Waals surface area contributed by atoms with Crippen LogP contribution in [0.15, 0.2) is 30.3 Å². The average molecular weight is 257 g/mol. The summed E-state index contributed by atoms with van der Waals surface area (Å²) >= 11 is 0. The molecule has 1 aromatic rings. The number of benzene rings is 1. The summed E-state index contributed by atoms with van der Waals surface area (Å²) in [5.41, 5.74) is 0.746. The van der Waals surface area contributed by atoms with Gasteiger partial charge in [0.2, 0.25) is 0 Å². The molecule has 1 saturated heterocycles. The Kier molecular flexibility index (Phi) is 3.29. The molecule has 96 valence electrons. The van der Waals surface area contributed by atoms with Crippen molar-refractivity contribution in [1.82, 2.24) is 9.80 Å². The molecule has 1 heterocycles. The van der Waals surface area contributed by atoms with Gasteiger partial charge in [-0.3, -0.25) is 9.59 Å². The smallest absolute Gasteiger partial charge is 0.263 e. The van der Waals surface area contributed by atoms with Crippen LogP contribution in [-0.2, 0) is 9.59 Å². The molecule has 0 spiro atoms. The molecule has 1 aliphatic heterocycles. The molecule has 0 radical (unpaired) electrons. The molecule has 0 aromatic heterocycles. The quantitative estimate of drug-likeness (QED) is 0.460. The van der Waals surface area contributed by atoms with Crippen molar-refractivity contribution in [2.45, 2.75) is 13.0 Å². The first kappa shape index (κ1) is 12.8. The van der Waals surface area contributed by atoms with Crippen molar-refractivity contribution in [3.8, 4) is 6.07 Å². The van der Waals surface area contributed by atoms with Crippen molar-refractivity contribution >= 4 is 17.8 Å². The summed E-state index contributed by atoms with van der Waals surface area (Å²) in [7, 11) is 0. The lowest BCUT2D eigenvalue weighted by atomic mass is 10.1. The summed E-state index contributed by atoms with van der Waals surface area (Å²) in [5, 5.41) is 8.56. The first-order valence-electron chi connectivity index (χ1n) is 5.69. The molecular formula is C13H11N3O3. The van der Waals surface area contributed by atoms with Crippen LogP contribution in [0.25, 0.3) is 0 Å². The Morgan fingerprint density at radius 1 is 1.16 bits per heavy atom. The zero-order valence-electron chi connectivity index (χ0n) is 10.2. The first-order chi connectivity index (χ1) is 9.07. The Balaban J connectivity index is 2.31. The van der Waals surface area contributed by atoms with Crippen molar-refractivity contribution in [1.29, 1.82) is 5.26 Å². The van der Waals surface area contributed by atoms with Gasteiger partial charge in [-0.05, 0) is 12.5 Å². The van der Waals surface area contributed by atoms with E-state index in [4.69, 9.17) is 5.26 Å². The zero-order chi connectivity index (χ0) is 14.0. The van der Waals surface area contributed by atoms with E-state index in [2.05, 4.69) is 0 Å². The molecule has 1 atom stereocenters. The molecule has 1 aromatic carbocycles. The lowest BCUT2D eigenvalue weighted by molar-refractivity contribution is -0.143. The van der Waals surface area contributed by atoms with Gasteiger partial charge in [0, 0.05) is 0 Å². The van der Waals surface area contributed by atoms with Gasteiger partial charge in [-0.15, -0.1) is 0 Å². The first-order valence-corrected chi connectivity index (χ1v) is 5.69. The number of hydrogen-bond donors (Lipinski definition) is 0. The van der Waals surface area contributed by atoms with E-state index < -0.39 is 30.4 Å². The van der Waals surface area contributed by atoms with Crippen LogP contribution < -0.4 is 0 Å². The molecule has 6 nitrogen and oxygen atoms in total. The van der Waals surface area contributed by atoms with Crippen molar-refractivity contribution in [3.63, 3.8) is 0 Å². The van der Waals surface area contributed by atoms with Crippen LogP contribution >= 0.6 is 0 Å². The van der Waals surface area contributed by atoms with Crippen LogP contribution in [0.3, 0.4) is 0 Å². The zero-order valence-corrected chi connectivity index (χ0v) is 10.2. The van der Waals surface area contributed by atoms with Gasteiger partial charge in [-0.1, -0.05) is 30.3 Å². The molecule has 0 aliphatic carbocycles. The molecule has 1 unspecified atom stereocenters. The maximum Gasteiger partial charge on any atom is 0.335 e. The standard InChI is InChI=1S/C13H11N3O3/c1-9(10-5-3-2-4-6-10)16-12(18)11(17)15(8-7-14)13(16)19/h2-6,9H,8H2,1H3. The van der Waals surface area contributed by atoms with Gasteiger partial charge in [0.25, 0.3) is 0 Å². The van der Waals surface area contributed by atoms with Gasteiger partial charge >= 0.3 is 17.8 Å². The number of hydrogen-bond acceptors (Lipinski definition) is 4. The van der Waals surface area contributed by atoms with E-state index in [0.717, 1.165) is 10.5 Å². The van der Waals surface area contributed by atoms with Crippen LogP contribution in [-0.4, -0.2) is 34.2 Å². The Bertz CT molecular complexity index is 577. The summed E-state index contributed by atoms with van der Waals surface area (Å²) in [6.07, 6.45) is 0.